The normalized spacial score (nSPS) is 12.3. The molecule has 0 aliphatic carbocycles. The summed E-state index contributed by atoms with van der Waals surface area (Å²) in [5, 5.41) is 5.02. The molecule has 0 amide bonds. The highest BCUT2D eigenvalue weighted by atomic mass is 35.5. The number of fused-ring (bicyclic) bond motifs is 1. The van der Waals surface area contributed by atoms with Crippen LogP contribution in [-0.2, 0) is 0 Å². The first kappa shape index (κ1) is 13.6. The lowest BCUT2D eigenvalue weighted by atomic mass is 10.1. The maximum absolute atomic E-state index is 6.04. The van der Waals surface area contributed by atoms with Crippen molar-refractivity contribution < 1.29 is 0 Å². The number of hydrogen-bond donors (Lipinski definition) is 2. The van der Waals surface area contributed by atoms with Crippen LogP contribution in [0, 0.1) is 0 Å². The topological polar surface area (TPSA) is 63.8 Å². The molecule has 1 atom stereocenters. The Morgan fingerprint density at radius 1 is 1.14 bits per heavy atom. The van der Waals surface area contributed by atoms with Gasteiger partial charge >= 0.3 is 0 Å². The number of aromatic nitrogens is 2. The van der Waals surface area contributed by atoms with Gasteiger partial charge in [-0.15, -0.1) is 0 Å². The van der Waals surface area contributed by atoms with Crippen molar-refractivity contribution in [3.05, 3.63) is 59.4 Å². The monoisotopic (exact) mass is 298 g/mol. The predicted octanol–water partition coefficient (Wildman–Crippen LogP) is 4.04. The molecule has 2 aromatic carbocycles. The fourth-order valence-electron chi connectivity index (χ4n) is 2.25. The fourth-order valence-corrected chi connectivity index (χ4v) is 2.45. The summed E-state index contributed by atoms with van der Waals surface area (Å²) in [6.07, 6.45) is 1.55. The van der Waals surface area contributed by atoms with E-state index in [1.807, 2.05) is 42.5 Å². The van der Waals surface area contributed by atoms with Crippen LogP contribution in [0.4, 0.5) is 11.5 Å². The number of anilines is 2. The van der Waals surface area contributed by atoms with Crippen molar-refractivity contribution >= 4 is 34.0 Å². The number of nitrogen functional groups attached to an aromatic ring is 1. The molecule has 0 aliphatic heterocycles. The Kier molecular flexibility index (Phi) is 3.62. The Morgan fingerprint density at radius 2 is 2.00 bits per heavy atom. The number of hydrogen-bond acceptors (Lipinski definition) is 4. The third kappa shape index (κ3) is 2.90. The molecule has 1 aromatic heterocycles. The van der Waals surface area contributed by atoms with E-state index >= 15 is 0 Å². The molecule has 1 heterocycles. The predicted molar refractivity (Wildman–Crippen MR) is 87.4 cm³/mol. The van der Waals surface area contributed by atoms with Crippen LogP contribution in [-0.4, -0.2) is 9.97 Å². The average Bonchev–Trinajstić information content (AvgIpc) is 2.48. The molecule has 0 saturated heterocycles. The second-order valence-electron chi connectivity index (χ2n) is 4.92. The van der Waals surface area contributed by atoms with E-state index in [4.69, 9.17) is 17.3 Å². The Hall–Kier alpha value is -2.33. The lowest BCUT2D eigenvalue weighted by Gasteiger charge is -2.16. The van der Waals surface area contributed by atoms with Crippen molar-refractivity contribution in [3.8, 4) is 0 Å². The number of benzene rings is 2. The molecular weight excluding hydrogens is 284 g/mol. The van der Waals surface area contributed by atoms with E-state index in [2.05, 4.69) is 22.2 Å². The van der Waals surface area contributed by atoms with Gasteiger partial charge in [-0.25, -0.2) is 9.97 Å². The van der Waals surface area contributed by atoms with E-state index < -0.39 is 0 Å². The van der Waals surface area contributed by atoms with Gasteiger partial charge in [0.05, 0.1) is 11.6 Å². The molecule has 5 heteroatoms. The molecule has 3 aromatic rings. The van der Waals surface area contributed by atoms with Crippen LogP contribution in [0.2, 0.25) is 5.02 Å². The average molecular weight is 299 g/mol. The smallest absolute Gasteiger partial charge is 0.137 e. The van der Waals surface area contributed by atoms with E-state index in [1.165, 1.54) is 0 Å². The first-order valence-corrected chi connectivity index (χ1v) is 7.03. The largest absolute Gasteiger partial charge is 0.399 e. The molecule has 0 radical (unpaired) electrons. The van der Waals surface area contributed by atoms with Gasteiger partial charge in [0.15, 0.2) is 0 Å². The van der Waals surface area contributed by atoms with Gasteiger partial charge in [-0.05, 0) is 42.8 Å². The number of nitrogens with zero attached hydrogens (tertiary/aromatic N) is 2. The van der Waals surface area contributed by atoms with Crippen LogP contribution < -0.4 is 11.1 Å². The van der Waals surface area contributed by atoms with Crippen LogP contribution in [0.3, 0.4) is 0 Å². The molecule has 0 saturated carbocycles. The Bertz CT molecular complexity index is 788. The molecule has 4 nitrogen and oxygen atoms in total. The summed E-state index contributed by atoms with van der Waals surface area (Å²) in [7, 11) is 0. The summed E-state index contributed by atoms with van der Waals surface area (Å²) in [5.74, 6) is 0.764. The summed E-state index contributed by atoms with van der Waals surface area (Å²) in [4.78, 5) is 8.57. The molecule has 21 heavy (non-hydrogen) atoms. The minimum Gasteiger partial charge on any atom is -0.399 e. The van der Waals surface area contributed by atoms with Crippen LogP contribution >= 0.6 is 11.6 Å². The quantitative estimate of drug-likeness (QED) is 0.716. The molecular formula is C16H15ClN4. The summed E-state index contributed by atoms with van der Waals surface area (Å²) in [6.45, 7) is 2.06. The minimum absolute atomic E-state index is 0.0724. The van der Waals surface area contributed by atoms with Gasteiger partial charge in [-0.2, -0.15) is 0 Å². The van der Waals surface area contributed by atoms with Crippen LogP contribution in [0.5, 0.6) is 0 Å². The lowest BCUT2D eigenvalue weighted by Crippen LogP contribution is -2.08. The molecule has 1 unspecified atom stereocenters. The highest BCUT2D eigenvalue weighted by molar-refractivity contribution is 6.30. The maximum atomic E-state index is 6.04. The third-order valence-electron chi connectivity index (χ3n) is 3.36. The zero-order valence-electron chi connectivity index (χ0n) is 11.5. The van der Waals surface area contributed by atoms with Crippen molar-refractivity contribution in [2.75, 3.05) is 11.1 Å². The first-order valence-electron chi connectivity index (χ1n) is 6.66. The van der Waals surface area contributed by atoms with Crippen molar-refractivity contribution in [2.45, 2.75) is 13.0 Å². The van der Waals surface area contributed by atoms with Gasteiger partial charge in [0.25, 0.3) is 0 Å². The van der Waals surface area contributed by atoms with Gasteiger partial charge in [0, 0.05) is 16.1 Å². The highest BCUT2D eigenvalue weighted by Gasteiger charge is 2.10. The van der Waals surface area contributed by atoms with Gasteiger partial charge in [0.2, 0.25) is 0 Å². The summed E-state index contributed by atoms with van der Waals surface area (Å²) in [6, 6.07) is 13.4. The van der Waals surface area contributed by atoms with Crippen molar-refractivity contribution in [2.24, 2.45) is 0 Å². The Morgan fingerprint density at radius 3 is 2.81 bits per heavy atom. The van der Waals surface area contributed by atoms with Gasteiger partial charge in [-0.3, -0.25) is 0 Å². The SMILES string of the molecule is CC(Nc1ncnc2ccc(N)cc12)c1cccc(Cl)c1. The molecule has 0 aliphatic rings. The summed E-state index contributed by atoms with van der Waals surface area (Å²) in [5.41, 5.74) is 8.50. The van der Waals surface area contributed by atoms with Crippen LogP contribution in [0.15, 0.2) is 48.8 Å². The summed E-state index contributed by atoms with van der Waals surface area (Å²) >= 11 is 6.04. The van der Waals surface area contributed by atoms with Crippen LogP contribution in [0.1, 0.15) is 18.5 Å². The van der Waals surface area contributed by atoms with E-state index in [1.54, 1.807) is 6.33 Å². The number of nitrogens with two attached hydrogens (primary N) is 1. The second kappa shape index (κ2) is 5.58. The molecule has 0 fully saturated rings. The number of nitrogens with one attached hydrogen (secondary N) is 1. The Balaban J connectivity index is 1.96. The number of halogens is 1. The van der Waals surface area contributed by atoms with Crippen molar-refractivity contribution in [1.82, 2.24) is 9.97 Å². The Labute approximate surface area is 128 Å². The van der Waals surface area contributed by atoms with Crippen molar-refractivity contribution in [1.29, 1.82) is 0 Å². The molecule has 106 valence electrons. The van der Waals surface area contributed by atoms with Crippen LogP contribution in [0.25, 0.3) is 10.9 Å². The zero-order valence-corrected chi connectivity index (χ0v) is 12.3. The molecule has 0 spiro atoms. The standard InChI is InChI=1S/C16H15ClN4/c1-10(11-3-2-4-12(17)7-11)21-16-14-8-13(18)5-6-15(14)19-9-20-16/h2-10H,18H2,1H3,(H,19,20,21). The molecule has 3 N–H and O–H groups in total. The van der Waals surface area contributed by atoms with Gasteiger partial charge < -0.3 is 11.1 Å². The minimum atomic E-state index is 0.0724. The van der Waals surface area contributed by atoms with E-state index in [0.717, 1.165) is 27.3 Å². The van der Waals surface area contributed by atoms with E-state index in [-0.39, 0.29) is 6.04 Å². The second-order valence-corrected chi connectivity index (χ2v) is 5.36. The van der Waals surface area contributed by atoms with Gasteiger partial charge in [-0.1, -0.05) is 23.7 Å². The maximum Gasteiger partial charge on any atom is 0.137 e. The first-order chi connectivity index (χ1) is 10.1. The highest BCUT2D eigenvalue weighted by Crippen LogP contribution is 2.26. The molecule has 3 rings (SSSR count). The molecule has 0 bridgehead atoms. The summed E-state index contributed by atoms with van der Waals surface area (Å²) < 4.78 is 0. The zero-order chi connectivity index (χ0) is 14.8. The van der Waals surface area contributed by atoms with Gasteiger partial charge in [0.1, 0.15) is 12.1 Å². The van der Waals surface area contributed by atoms with E-state index in [9.17, 15) is 0 Å². The lowest BCUT2D eigenvalue weighted by molar-refractivity contribution is 0.876. The van der Waals surface area contributed by atoms with Crippen molar-refractivity contribution in [3.63, 3.8) is 0 Å². The third-order valence-corrected chi connectivity index (χ3v) is 3.60. The fraction of sp³-hybridized carbons (Fsp3) is 0.125. The van der Waals surface area contributed by atoms with E-state index in [0.29, 0.717) is 5.69 Å². The number of rotatable bonds is 3.